The van der Waals surface area contributed by atoms with E-state index in [2.05, 4.69) is 0 Å². The molecule has 4 rings (SSSR count). The summed E-state index contributed by atoms with van der Waals surface area (Å²) in [6.45, 7) is 2.56. The average molecular weight is 365 g/mol. The number of benzene rings is 2. The van der Waals surface area contributed by atoms with Gasteiger partial charge in [-0.15, -0.1) is 0 Å². The van der Waals surface area contributed by atoms with Crippen molar-refractivity contribution in [2.24, 2.45) is 11.8 Å². The van der Waals surface area contributed by atoms with E-state index >= 15 is 0 Å². The second-order valence-electron chi connectivity index (χ2n) is 7.24. The predicted molar refractivity (Wildman–Crippen MR) is 99.3 cm³/mol. The first-order valence-corrected chi connectivity index (χ1v) is 9.34. The van der Waals surface area contributed by atoms with E-state index in [1.807, 2.05) is 67.6 Å². The zero-order chi connectivity index (χ0) is 18.8. The number of carbonyl (C=O) groups excluding carboxylic acids is 2. The third-order valence-corrected chi connectivity index (χ3v) is 5.42. The molecule has 1 amide bonds. The minimum Gasteiger partial charge on any atom is -0.460 e. The van der Waals surface area contributed by atoms with Crippen LogP contribution in [0.1, 0.15) is 30.5 Å². The maximum Gasteiger partial charge on any atom is 0.319 e. The Kier molecular flexibility index (Phi) is 4.94. The van der Waals surface area contributed by atoms with E-state index in [1.165, 1.54) is 0 Å². The fourth-order valence-corrected chi connectivity index (χ4v) is 3.98. The number of amides is 1. The van der Waals surface area contributed by atoms with Crippen LogP contribution in [0.3, 0.4) is 0 Å². The van der Waals surface area contributed by atoms with Gasteiger partial charge in [0.15, 0.2) is 0 Å². The van der Waals surface area contributed by atoms with Crippen molar-refractivity contribution >= 4 is 11.9 Å². The van der Waals surface area contributed by atoms with E-state index in [1.54, 1.807) is 4.90 Å². The van der Waals surface area contributed by atoms with E-state index in [9.17, 15) is 9.59 Å². The molecule has 5 nitrogen and oxygen atoms in total. The number of fused-ring (bicyclic) bond motifs is 1. The number of piperidine rings is 1. The molecule has 2 aliphatic rings. The van der Waals surface area contributed by atoms with Crippen molar-refractivity contribution in [3.63, 3.8) is 0 Å². The summed E-state index contributed by atoms with van der Waals surface area (Å²) in [6, 6.07) is 19.2. The lowest BCUT2D eigenvalue weighted by molar-refractivity contribution is -0.168. The smallest absolute Gasteiger partial charge is 0.319 e. The van der Waals surface area contributed by atoms with Gasteiger partial charge in [-0.3, -0.25) is 9.59 Å². The molecule has 140 valence electrons. The van der Waals surface area contributed by atoms with Gasteiger partial charge in [0.25, 0.3) is 0 Å². The van der Waals surface area contributed by atoms with E-state index in [-0.39, 0.29) is 30.7 Å². The highest BCUT2D eigenvalue weighted by Gasteiger charge is 2.50. The molecule has 2 saturated heterocycles. The number of ether oxygens (including phenoxy) is 2. The lowest BCUT2D eigenvalue weighted by Crippen LogP contribution is -2.52. The van der Waals surface area contributed by atoms with Crippen molar-refractivity contribution in [1.29, 1.82) is 0 Å². The Morgan fingerprint density at radius 1 is 1.11 bits per heavy atom. The van der Waals surface area contributed by atoms with Crippen LogP contribution in [0.4, 0.5) is 0 Å². The van der Waals surface area contributed by atoms with Crippen LogP contribution in [0.25, 0.3) is 0 Å². The maximum absolute atomic E-state index is 13.2. The summed E-state index contributed by atoms with van der Waals surface area (Å²) in [5, 5.41) is 0. The van der Waals surface area contributed by atoms with Gasteiger partial charge in [0.1, 0.15) is 18.8 Å². The Morgan fingerprint density at radius 3 is 2.48 bits per heavy atom. The van der Waals surface area contributed by atoms with Gasteiger partial charge < -0.3 is 14.4 Å². The fourth-order valence-electron chi connectivity index (χ4n) is 3.98. The first kappa shape index (κ1) is 17.7. The molecule has 0 radical (unpaired) electrons. The Labute approximate surface area is 158 Å². The predicted octanol–water partition coefficient (Wildman–Crippen LogP) is 3.31. The molecule has 0 aliphatic carbocycles. The first-order chi connectivity index (χ1) is 13.1. The van der Waals surface area contributed by atoms with Crippen LogP contribution >= 0.6 is 0 Å². The number of nitrogens with zero attached hydrogens (tertiary/aromatic N) is 1. The minimum atomic E-state index is -0.780. The molecule has 0 saturated carbocycles. The van der Waals surface area contributed by atoms with E-state index < -0.39 is 11.9 Å². The molecule has 2 fully saturated rings. The van der Waals surface area contributed by atoms with Crippen molar-refractivity contribution in [3.05, 3.63) is 71.8 Å². The molecule has 0 bridgehead atoms. The molecule has 4 atom stereocenters. The van der Waals surface area contributed by atoms with Crippen molar-refractivity contribution in [1.82, 2.24) is 4.90 Å². The second kappa shape index (κ2) is 7.53. The van der Waals surface area contributed by atoms with Crippen LogP contribution in [0.15, 0.2) is 60.7 Å². The van der Waals surface area contributed by atoms with Crippen molar-refractivity contribution in [2.45, 2.75) is 32.2 Å². The summed E-state index contributed by atoms with van der Waals surface area (Å²) in [5.41, 5.74) is 1.94. The standard InChI is InChI=1S/C22H23NO4/c1-15-12-19-23(18(14-26-19)17-10-6-3-7-11-17)21(24)20(15)22(25)27-13-16-8-4-2-5-9-16/h2-11,15,18-20H,12-14H2,1H3/t15-,18+,19-,20+/m1/s1. The third kappa shape index (κ3) is 3.47. The summed E-state index contributed by atoms with van der Waals surface area (Å²) in [4.78, 5) is 27.7. The Bertz CT molecular complexity index is 808. The minimum absolute atomic E-state index is 0.114. The molecule has 0 unspecified atom stereocenters. The molecule has 5 heteroatoms. The van der Waals surface area contributed by atoms with Gasteiger partial charge in [0, 0.05) is 0 Å². The Morgan fingerprint density at radius 2 is 1.78 bits per heavy atom. The Balaban J connectivity index is 1.50. The lowest BCUT2D eigenvalue weighted by Gasteiger charge is -2.38. The number of hydrogen-bond acceptors (Lipinski definition) is 4. The maximum atomic E-state index is 13.2. The van der Waals surface area contributed by atoms with E-state index in [0.29, 0.717) is 13.0 Å². The normalized spacial score (nSPS) is 27.3. The van der Waals surface area contributed by atoms with Crippen LogP contribution in [0.5, 0.6) is 0 Å². The van der Waals surface area contributed by atoms with Crippen LogP contribution < -0.4 is 0 Å². The fraction of sp³-hybridized carbons (Fsp3) is 0.364. The number of esters is 1. The second-order valence-corrected chi connectivity index (χ2v) is 7.24. The van der Waals surface area contributed by atoms with Gasteiger partial charge in [-0.25, -0.2) is 0 Å². The topological polar surface area (TPSA) is 55.8 Å². The molecular weight excluding hydrogens is 342 g/mol. The van der Waals surface area contributed by atoms with Crippen molar-refractivity contribution in [3.8, 4) is 0 Å². The van der Waals surface area contributed by atoms with Gasteiger partial charge in [0.2, 0.25) is 5.91 Å². The SMILES string of the molecule is C[C@@H]1C[C@H]2OC[C@@H](c3ccccc3)N2C(=O)[C@H]1C(=O)OCc1ccccc1. The number of hydrogen-bond donors (Lipinski definition) is 0. The Hall–Kier alpha value is -2.66. The highest BCUT2D eigenvalue weighted by Crippen LogP contribution is 2.40. The quantitative estimate of drug-likeness (QED) is 0.616. The zero-order valence-corrected chi connectivity index (χ0v) is 15.3. The van der Waals surface area contributed by atoms with Crippen molar-refractivity contribution in [2.75, 3.05) is 6.61 Å². The molecule has 2 aliphatic heterocycles. The molecule has 0 spiro atoms. The van der Waals surface area contributed by atoms with Gasteiger partial charge in [-0.2, -0.15) is 0 Å². The van der Waals surface area contributed by atoms with Gasteiger partial charge in [-0.05, 0) is 23.5 Å². The molecule has 2 heterocycles. The number of rotatable bonds is 4. The van der Waals surface area contributed by atoms with Crippen LogP contribution in [0.2, 0.25) is 0 Å². The largest absolute Gasteiger partial charge is 0.460 e. The van der Waals surface area contributed by atoms with Crippen LogP contribution in [-0.4, -0.2) is 29.6 Å². The monoisotopic (exact) mass is 365 g/mol. The van der Waals surface area contributed by atoms with E-state index in [0.717, 1.165) is 11.1 Å². The summed E-state index contributed by atoms with van der Waals surface area (Å²) in [6.07, 6.45) is 0.371. The first-order valence-electron chi connectivity index (χ1n) is 9.34. The average Bonchev–Trinajstić information content (AvgIpc) is 3.12. The van der Waals surface area contributed by atoms with Crippen LogP contribution in [0, 0.1) is 11.8 Å². The molecule has 0 aromatic heterocycles. The summed E-state index contributed by atoms with van der Waals surface area (Å²) >= 11 is 0. The van der Waals surface area contributed by atoms with Gasteiger partial charge in [0.05, 0.1) is 12.6 Å². The van der Waals surface area contributed by atoms with Crippen molar-refractivity contribution < 1.29 is 19.1 Å². The summed E-state index contributed by atoms with van der Waals surface area (Å²) in [5.74, 6) is -1.54. The lowest BCUT2D eigenvalue weighted by atomic mass is 9.84. The molecule has 27 heavy (non-hydrogen) atoms. The van der Waals surface area contributed by atoms with Crippen LogP contribution in [-0.2, 0) is 25.7 Å². The van der Waals surface area contributed by atoms with Gasteiger partial charge in [-0.1, -0.05) is 67.6 Å². The highest BCUT2D eigenvalue weighted by molar-refractivity contribution is 5.99. The van der Waals surface area contributed by atoms with Gasteiger partial charge >= 0.3 is 5.97 Å². The third-order valence-electron chi connectivity index (χ3n) is 5.42. The molecule has 2 aromatic carbocycles. The molecule has 0 N–H and O–H groups in total. The number of carbonyl (C=O) groups is 2. The summed E-state index contributed by atoms with van der Waals surface area (Å²) < 4.78 is 11.3. The highest BCUT2D eigenvalue weighted by atomic mass is 16.5. The molecular formula is C22H23NO4. The van der Waals surface area contributed by atoms with E-state index in [4.69, 9.17) is 9.47 Å². The summed E-state index contributed by atoms with van der Waals surface area (Å²) in [7, 11) is 0. The molecule has 2 aromatic rings. The zero-order valence-electron chi connectivity index (χ0n) is 15.3.